The van der Waals surface area contributed by atoms with E-state index in [1.807, 2.05) is 49.1 Å². The van der Waals surface area contributed by atoms with E-state index in [0.29, 0.717) is 31.1 Å². The number of amides is 2. The zero-order valence-electron chi connectivity index (χ0n) is 21.0. The molecule has 0 atom stereocenters. The third-order valence-corrected chi connectivity index (χ3v) is 6.25. The van der Waals surface area contributed by atoms with E-state index < -0.39 is 0 Å². The minimum atomic E-state index is -0.100. The van der Waals surface area contributed by atoms with E-state index in [4.69, 9.17) is 14.7 Å². The molecule has 1 saturated heterocycles. The number of carbonyl (C=O) groups excluding carboxylic acids is 1. The summed E-state index contributed by atoms with van der Waals surface area (Å²) in [5.41, 5.74) is 4.24. The highest BCUT2D eigenvalue weighted by Gasteiger charge is 2.24. The van der Waals surface area contributed by atoms with Crippen molar-refractivity contribution in [1.29, 1.82) is 0 Å². The SMILES string of the molecule is CCOc1ccccc1NC(=O)N1CCCN(c2nc(C)nc(CC)c2Cc2ccccc2)CC1. The van der Waals surface area contributed by atoms with E-state index >= 15 is 0 Å². The lowest BCUT2D eigenvalue weighted by Crippen LogP contribution is -2.38. The van der Waals surface area contributed by atoms with Crippen molar-refractivity contribution in [3.8, 4) is 5.75 Å². The lowest BCUT2D eigenvalue weighted by molar-refractivity contribution is 0.215. The standard InChI is InChI=1S/C28H35N5O2/c1-4-24-23(20-22-12-7-6-8-13-22)27(30-21(3)29-24)32-16-11-17-33(19-18-32)28(34)31-25-14-9-10-15-26(25)35-5-2/h6-10,12-15H,4-5,11,16-20H2,1-3H3,(H,31,34). The Bertz CT molecular complexity index is 1140. The number of urea groups is 1. The van der Waals surface area contributed by atoms with Crippen molar-refractivity contribution in [1.82, 2.24) is 14.9 Å². The number of carbonyl (C=O) groups is 1. The first-order valence-corrected chi connectivity index (χ1v) is 12.5. The van der Waals surface area contributed by atoms with Crippen LogP contribution in [-0.4, -0.2) is 53.7 Å². The fourth-order valence-electron chi connectivity index (χ4n) is 4.55. The van der Waals surface area contributed by atoms with Gasteiger partial charge in [0.15, 0.2) is 0 Å². The summed E-state index contributed by atoms with van der Waals surface area (Å²) < 4.78 is 5.66. The van der Waals surface area contributed by atoms with Gasteiger partial charge in [-0.25, -0.2) is 14.8 Å². The molecule has 4 rings (SSSR count). The monoisotopic (exact) mass is 473 g/mol. The molecule has 0 bridgehead atoms. The number of aryl methyl sites for hydroxylation is 2. The molecule has 1 aromatic heterocycles. The van der Waals surface area contributed by atoms with Crippen LogP contribution in [0, 0.1) is 6.92 Å². The van der Waals surface area contributed by atoms with Gasteiger partial charge in [-0.2, -0.15) is 0 Å². The Kier molecular flexibility index (Phi) is 8.19. The molecule has 1 fully saturated rings. The van der Waals surface area contributed by atoms with Crippen LogP contribution >= 0.6 is 0 Å². The van der Waals surface area contributed by atoms with Crippen LogP contribution in [-0.2, 0) is 12.8 Å². The van der Waals surface area contributed by atoms with Crippen molar-refractivity contribution in [2.24, 2.45) is 0 Å². The van der Waals surface area contributed by atoms with Crippen molar-refractivity contribution in [3.05, 3.63) is 77.2 Å². The number of aromatic nitrogens is 2. The molecule has 7 nitrogen and oxygen atoms in total. The first kappa shape index (κ1) is 24.5. The van der Waals surface area contributed by atoms with E-state index in [-0.39, 0.29) is 6.03 Å². The Morgan fingerprint density at radius 1 is 0.971 bits per heavy atom. The molecular formula is C28H35N5O2. The second-order valence-corrected chi connectivity index (χ2v) is 8.72. The zero-order valence-corrected chi connectivity index (χ0v) is 21.0. The minimum absolute atomic E-state index is 0.100. The van der Waals surface area contributed by atoms with Crippen molar-refractivity contribution in [3.63, 3.8) is 0 Å². The highest BCUT2D eigenvalue weighted by molar-refractivity contribution is 5.91. The topological polar surface area (TPSA) is 70.6 Å². The molecule has 1 aliphatic heterocycles. The van der Waals surface area contributed by atoms with Gasteiger partial charge >= 0.3 is 6.03 Å². The maximum atomic E-state index is 13.1. The van der Waals surface area contributed by atoms with Gasteiger partial charge in [-0.3, -0.25) is 0 Å². The second-order valence-electron chi connectivity index (χ2n) is 8.72. The summed E-state index contributed by atoms with van der Waals surface area (Å²) in [5, 5.41) is 3.04. The van der Waals surface area contributed by atoms with Gasteiger partial charge in [-0.15, -0.1) is 0 Å². The molecule has 35 heavy (non-hydrogen) atoms. The molecule has 0 saturated carbocycles. The Labute approximate surface area is 208 Å². The molecule has 184 valence electrons. The fraction of sp³-hybridized carbons (Fsp3) is 0.393. The Morgan fingerprint density at radius 3 is 2.51 bits per heavy atom. The maximum Gasteiger partial charge on any atom is 0.322 e. The lowest BCUT2D eigenvalue weighted by atomic mass is 10.0. The highest BCUT2D eigenvalue weighted by Crippen LogP contribution is 2.27. The lowest BCUT2D eigenvalue weighted by Gasteiger charge is -2.26. The molecular weight excluding hydrogens is 438 g/mol. The zero-order chi connectivity index (χ0) is 24.6. The van der Waals surface area contributed by atoms with Crippen molar-refractivity contribution in [2.45, 2.75) is 40.0 Å². The van der Waals surface area contributed by atoms with E-state index in [1.165, 1.54) is 11.1 Å². The minimum Gasteiger partial charge on any atom is -0.492 e. The summed E-state index contributed by atoms with van der Waals surface area (Å²) in [6.45, 7) is 9.48. The van der Waals surface area contributed by atoms with Gasteiger partial charge in [0.25, 0.3) is 0 Å². The number of para-hydroxylation sites is 2. The molecule has 2 amide bonds. The molecule has 0 aliphatic carbocycles. The van der Waals surface area contributed by atoms with Crippen LogP contribution in [0.25, 0.3) is 0 Å². The Balaban J connectivity index is 1.51. The largest absolute Gasteiger partial charge is 0.492 e. The first-order valence-electron chi connectivity index (χ1n) is 12.5. The quantitative estimate of drug-likeness (QED) is 0.518. The van der Waals surface area contributed by atoms with Gasteiger partial charge in [0.2, 0.25) is 0 Å². The van der Waals surface area contributed by atoms with Crippen LogP contribution in [0.2, 0.25) is 0 Å². The molecule has 0 unspecified atom stereocenters. The number of hydrogen-bond acceptors (Lipinski definition) is 5. The molecule has 7 heteroatoms. The van der Waals surface area contributed by atoms with Crippen molar-refractivity contribution < 1.29 is 9.53 Å². The third kappa shape index (κ3) is 6.10. The Morgan fingerprint density at radius 2 is 1.74 bits per heavy atom. The van der Waals surface area contributed by atoms with Gasteiger partial charge in [-0.1, -0.05) is 49.4 Å². The van der Waals surface area contributed by atoms with Crippen LogP contribution in [0.15, 0.2) is 54.6 Å². The number of benzene rings is 2. The summed E-state index contributed by atoms with van der Waals surface area (Å²) in [6.07, 6.45) is 2.53. The predicted octanol–water partition coefficient (Wildman–Crippen LogP) is 5.08. The average molecular weight is 474 g/mol. The predicted molar refractivity (Wildman–Crippen MR) is 140 cm³/mol. The van der Waals surface area contributed by atoms with Gasteiger partial charge < -0.3 is 19.9 Å². The summed E-state index contributed by atoms with van der Waals surface area (Å²) in [6, 6.07) is 17.9. The fourth-order valence-corrected chi connectivity index (χ4v) is 4.55. The third-order valence-electron chi connectivity index (χ3n) is 6.25. The summed E-state index contributed by atoms with van der Waals surface area (Å²) in [4.78, 5) is 27.0. The van der Waals surface area contributed by atoms with Gasteiger partial charge in [0.05, 0.1) is 12.3 Å². The molecule has 2 heterocycles. The average Bonchev–Trinajstić information content (AvgIpc) is 3.13. The van der Waals surface area contributed by atoms with Crippen LogP contribution in [0.3, 0.4) is 0 Å². The highest BCUT2D eigenvalue weighted by atomic mass is 16.5. The number of hydrogen-bond donors (Lipinski definition) is 1. The first-order chi connectivity index (χ1) is 17.1. The maximum absolute atomic E-state index is 13.1. The summed E-state index contributed by atoms with van der Waals surface area (Å²) in [7, 11) is 0. The molecule has 1 N–H and O–H groups in total. The van der Waals surface area contributed by atoms with Gasteiger partial charge in [0.1, 0.15) is 17.4 Å². The number of nitrogens with one attached hydrogen (secondary N) is 1. The number of nitrogens with zero attached hydrogens (tertiary/aromatic N) is 4. The number of rotatable bonds is 7. The van der Waals surface area contributed by atoms with Crippen LogP contribution in [0.1, 0.15) is 42.9 Å². The number of anilines is 2. The second kappa shape index (κ2) is 11.7. The molecule has 0 spiro atoms. The summed E-state index contributed by atoms with van der Waals surface area (Å²) in [5.74, 6) is 2.48. The van der Waals surface area contributed by atoms with Gasteiger partial charge in [-0.05, 0) is 44.4 Å². The van der Waals surface area contributed by atoms with E-state index in [1.54, 1.807) is 0 Å². The Hall–Kier alpha value is -3.61. The molecule has 0 radical (unpaired) electrons. The van der Waals surface area contributed by atoms with Gasteiger partial charge in [0, 0.05) is 43.9 Å². The molecule has 3 aromatic rings. The molecule has 2 aromatic carbocycles. The van der Waals surface area contributed by atoms with Crippen LogP contribution in [0.5, 0.6) is 5.75 Å². The van der Waals surface area contributed by atoms with Crippen LogP contribution in [0.4, 0.5) is 16.3 Å². The smallest absolute Gasteiger partial charge is 0.322 e. The van der Waals surface area contributed by atoms with E-state index in [2.05, 4.69) is 41.4 Å². The van der Waals surface area contributed by atoms with Crippen LogP contribution < -0.4 is 15.0 Å². The number of ether oxygens (including phenoxy) is 1. The molecule has 1 aliphatic rings. The van der Waals surface area contributed by atoms with E-state index in [0.717, 1.165) is 49.7 Å². The summed E-state index contributed by atoms with van der Waals surface area (Å²) >= 11 is 0. The van der Waals surface area contributed by atoms with E-state index in [9.17, 15) is 4.79 Å². The van der Waals surface area contributed by atoms with Crippen molar-refractivity contribution >= 4 is 17.5 Å². The normalized spacial score (nSPS) is 13.9. The van der Waals surface area contributed by atoms with Crippen molar-refractivity contribution in [2.75, 3.05) is 43.0 Å².